The summed E-state index contributed by atoms with van der Waals surface area (Å²) in [6.45, 7) is 5.33. The molecule has 0 aliphatic carbocycles. The van der Waals surface area contributed by atoms with E-state index in [4.69, 9.17) is 4.74 Å². The number of hydrogen-bond donors (Lipinski definition) is 0. The lowest BCUT2D eigenvalue weighted by Crippen LogP contribution is -2.29. The van der Waals surface area contributed by atoms with Crippen molar-refractivity contribution in [1.82, 2.24) is 23.2 Å². The fourth-order valence-electron chi connectivity index (χ4n) is 5.41. The lowest BCUT2D eigenvalue weighted by molar-refractivity contribution is 0.103. The zero-order valence-corrected chi connectivity index (χ0v) is 22.6. The number of ether oxygens (including phenoxy) is 1. The molecule has 39 heavy (non-hydrogen) atoms. The highest BCUT2D eigenvalue weighted by molar-refractivity contribution is 7.90. The molecule has 0 N–H and O–H groups in total. The van der Waals surface area contributed by atoms with Gasteiger partial charge in [0.1, 0.15) is 6.61 Å². The smallest absolute Gasteiger partial charge is 0.410 e. The summed E-state index contributed by atoms with van der Waals surface area (Å²) in [5.74, 6) is 0.215. The third-order valence-corrected chi connectivity index (χ3v) is 9.23. The van der Waals surface area contributed by atoms with Crippen LogP contribution in [0.4, 0.5) is 4.79 Å². The number of amides is 1. The molecule has 5 aromatic rings. The zero-order valence-electron chi connectivity index (χ0n) is 21.8. The van der Waals surface area contributed by atoms with E-state index in [1.54, 1.807) is 41.4 Å². The topological polar surface area (TPSA) is 98.8 Å². The van der Waals surface area contributed by atoms with E-state index in [2.05, 4.69) is 16.9 Å². The molecule has 0 bridgehead atoms. The molecule has 0 saturated carbocycles. The molecule has 0 radical (unpaired) electrons. The first-order valence-corrected chi connectivity index (χ1v) is 14.4. The van der Waals surface area contributed by atoms with E-state index in [0.717, 1.165) is 23.2 Å². The van der Waals surface area contributed by atoms with Gasteiger partial charge in [-0.3, -0.25) is 4.40 Å². The maximum atomic E-state index is 13.5. The monoisotopic (exact) mass is 543 g/mol. The molecule has 2 aromatic carbocycles. The molecule has 9 nitrogen and oxygen atoms in total. The minimum absolute atomic E-state index is 0.0110. The number of fused-ring (bicyclic) bond motifs is 3. The second-order valence-electron chi connectivity index (χ2n) is 9.99. The normalized spacial score (nSPS) is 17.7. The molecule has 1 aliphatic heterocycles. The maximum absolute atomic E-state index is 13.5. The standard InChI is InChI=1S/C29H29N5O4S/c1-3-22-17-32(29(35)38-19-21-7-5-4-6-8-21)18-24(22)26-15-30-27-16-31-28-25(34(26)27)13-14-33(28)39(36,37)23-11-9-20(2)10-12-23/h4-16,22,24H,3,17-19H2,1-2H3/t22-,24-/m1/s1. The van der Waals surface area contributed by atoms with Crippen molar-refractivity contribution in [3.8, 4) is 0 Å². The Labute approximate surface area is 226 Å². The van der Waals surface area contributed by atoms with Crippen LogP contribution in [0.5, 0.6) is 0 Å². The molecule has 6 rings (SSSR count). The van der Waals surface area contributed by atoms with Crippen LogP contribution in [0, 0.1) is 12.8 Å². The Hall–Kier alpha value is -4.18. The Kier molecular flexibility index (Phi) is 6.34. The molecule has 3 aromatic heterocycles. The van der Waals surface area contributed by atoms with Crippen LogP contribution < -0.4 is 0 Å². The lowest BCUT2D eigenvalue weighted by Gasteiger charge is -2.17. The first-order valence-electron chi connectivity index (χ1n) is 13.0. The Morgan fingerprint density at radius 1 is 1.00 bits per heavy atom. The summed E-state index contributed by atoms with van der Waals surface area (Å²) < 4.78 is 35.7. The third-order valence-electron chi connectivity index (χ3n) is 7.55. The van der Waals surface area contributed by atoms with E-state index in [9.17, 15) is 13.2 Å². The highest BCUT2D eigenvalue weighted by Crippen LogP contribution is 2.36. The van der Waals surface area contributed by atoms with Crippen LogP contribution in [0.25, 0.3) is 16.8 Å². The quantitative estimate of drug-likeness (QED) is 0.299. The van der Waals surface area contributed by atoms with E-state index in [-0.39, 0.29) is 29.4 Å². The van der Waals surface area contributed by atoms with Gasteiger partial charge < -0.3 is 9.64 Å². The number of rotatable bonds is 6. The van der Waals surface area contributed by atoms with Gasteiger partial charge in [0.15, 0.2) is 11.3 Å². The summed E-state index contributed by atoms with van der Waals surface area (Å²) in [6, 6.07) is 18.1. The zero-order chi connectivity index (χ0) is 27.1. The van der Waals surface area contributed by atoms with Gasteiger partial charge in [0.25, 0.3) is 10.0 Å². The average molecular weight is 544 g/mol. The highest BCUT2D eigenvalue weighted by Gasteiger charge is 2.38. The summed E-state index contributed by atoms with van der Waals surface area (Å²) in [5.41, 5.74) is 4.45. The predicted octanol–water partition coefficient (Wildman–Crippen LogP) is 4.99. The molecule has 2 atom stereocenters. The molecular weight excluding hydrogens is 514 g/mol. The molecule has 0 unspecified atom stereocenters. The van der Waals surface area contributed by atoms with Crippen molar-refractivity contribution in [1.29, 1.82) is 0 Å². The van der Waals surface area contributed by atoms with Crippen molar-refractivity contribution >= 4 is 32.9 Å². The Balaban J connectivity index is 1.33. The van der Waals surface area contributed by atoms with Crippen molar-refractivity contribution in [2.45, 2.75) is 37.7 Å². The SMILES string of the molecule is CC[C@@H]1CN(C(=O)OCc2ccccc2)C[C@H]1c1cnc2cnc3c(ccn3S(=O)(=O)c3ccc(C)cc3)n12. The Morgan fingerprint density at radius 3 is 2.51 bits per heavy atom. The number of imidazole rings is 1. The minimum Gasteiger partial charge on any atom is -0.445 e. The molecule has 1 amide bonds. The summed E-state index contributed by atoms with van der Waals surface area (Å²) in [4.78, 5) is 23.9. The first kappa shape index (κ1) is 25.1. The molecule has 1 fully saturated rings. The molecule has 0 spiro atoms. The predicted molar refractivity (Wildman–Crippen MR) is 147 cm³/mol. The van der Waals surface area contributed by atoms with Gasteiger partial charge in [0.2, 0.25) is 0 Å². The number of likely N-dealkylation sites (tertiary alicyclic amines) is 1. The van der Waals surface area contributed by atoms with Gasteiger partial charge in [0, 0.05) is 37.1 Å². The second-order valence-corrected chi connectivity index (χ2v) is 11.8. The van der Waals surface area contributed by atoms with E-state index in [1.165, 1.54) is 10.2 Å². The molecular formula is C29H29N5O4S. The molecule has 1 aliphatic rings. The van der Waals surface area contributed by atoms with E-state index >= 15 is 0 Å². The second kappa shape index (κ2) is 9.85. The van der Waals surface area contributed by atoms with Gasteiger partial charge in [-0.25, -0.2) is 27.2 Å². The fourth-order valence-corrected chi connectivity index (χ4v) is 6.70. The van der Waals surface area contributed by atoms with Crippen LogP contribution in [0.1, 0.15) is 36.1 Å². The van der Waals surface area contributed by atoms with Crippen LogP contribution in [0.3, 0.4) is 0 Å². The van der Waals surface area contributed by atoms with Crippen molar-refractivity contribution in [2.24, 2.45) is 5.92 Å². The van der Waals surface area contributed by atoms with Crippen LogP contribution in [-0.2, 0) is 21.4 Å². The van der Waals surface area contributed by atoms with Crippen molar-refractivity contribution in [2.75, 3.05) is 13.1 Å². The van der Waals surface area contributed by atoms with Gasteiger partial charge in [-0.1, -0.05) is 61.4 Å². The van der Waals surface area contributed by atoms with Crippen molar-refractivity contribution < 1.29 is 17.9 Å². The summed E-state index contributed by atoms with van der Waals surface area (Å²) in [7, 11) is -3.84. The van der Waals surface area contributed by atoms with Crippen LogP contribution in [0.2, 0.25) is 0 Å². The van der Waals surface area contributed by atoms with Gasteiger partial charge in [-0.2, -0.15) is 0 Å². The maximum Gasteiger partial charge on any atom is 0.410 e. The average Bonchev–Trinajstić information content (AvgIpc) is 3.68. The molecule has 200 valence electrons. The highest BCUT2D eigenvalue weighted by atomic mass is 32.2. The summed E-state index contributed by atoms with van der Waals surface area (Å²) >= 11 is 0. The Morgan fingerprint density at radius 2 is 1.77 bits per heavy atom. The minimum atomic E-state index is -3.84. The number of hydrogen-bond acceptors (Lipinski definition) is 6. The summed E-state index contributed by atoms with van der Waals surface area (Å²) in [5, 5.41) is 0. The summed E-state index contributed by atoms with van der Waals surface area (Å²) in [6.07, 6.45) is 5.48. The fraction of sp³-hybridized carbons (Fsp3) is 0.276. The number of aromatic nitrogens is 4. The van der Waals surface area contributed by atoms with Crippen LogP contribution >= 0.6 is 0 Å². The van der Waals surface area contributed by atoms with E-state index < -0.39 is 10.0 Å². The number of carbonyl (C=O) groups is 1. The number of carbonyl (C=O) groups excluding carboxylic acids is 1. The van der Waals surface area contributed by atoms with Gasteiger partial charge in [-0.15, -0.1) is 0 Å². The van der Waals surface area contributed by atoms with Gasteiger partial charge in [-0.05, 0) is 36.6 Å². The first-order chi connectivity index (χ1) is 18.9. The molecule has 4 heterocycles. The number of nitrogens with zero attached hydrogens (tertiary/aromatic N) is 5. The van der Waals surface area contributed by atoms with E-state index in [0.29, 0.717) is 29.9 Å². The lowest BCUT2D eigenvalue weighted by atomic mass is 9.91. The number of benzene rings is 2. The molecule has 1 saturated heterocycles. The van der Waals surface area contributed by atoms with Crippen LogP contribution in [0.15, 0.2) is 84.1 Å². The van der Waals surface area contributed by atoms with Gasteiger partial charge >= 0.3 is 6.09 Å². The number of aryl methyl sites for hydroxylation is 1. The van der Waals surface area contributed by atoms with Crippen molar-refractivity contribution in [3.05, 3.63) is 96.1 Å². The van der Waals surface area contributed by atoms with Crippen molar-refractivity contribution in [3.63, 3.8) is 0 Å². The molecule has 10 heteroatoms. The largest absolute Gasteiger partial charge is 0.445 e. The third kappa shape index (κ3) is 4.44. The van der Waals surface area contributed by atoms with Crippen LogP contribution in [-0.4, -0.2) is 50.8 Å². The van der Waals surface area contributed by atoms with E-state index in [1.807, 2.05) is 47.9 Å². The Bertz CT molecular complexity index is 1760. The van der Waals surface area contributed by atoms with Gasteiger partial charge in [0.05, 0.1) is 16.6 Å².